The second kappa shape index (κ2) is 5.16. The molecule has 0 bridgehead atoms. The van der Waals surface area contributed by atoms with Gasteiger partial charge in [0.05, 0.1) is 11.5 Å². The van der Waals surface area contributed by atoms with E-state index in [2.05, 4.69) is 15.3 Å². The van der Waals surface area contributed by atoms with Crippen LogP contribution >= 0.6 is 0 Å². The van der Waals surface area contributed by atoms with Crippen molar-refractivity contribution in [1.82, 2.24) is 20.2 Å². The summed E-state index contributed by atoms with van der Waals surface area (Å²) in [7, 11) is 0. The smallest absolute Gasteiger partial charge is 0.276 e. The van der Waals surface area contributed by atoms with Gasteiger partial charge in [-0.1, -0.05) is 10.3 Å². The molecular formula is C15H18N4O4. The molecule has 0 spiro atoms. The first-order valence-electron chi connectivity index (χ1n) is 7.73. The zero-order chi connectivity index (χ0) is 16.0. The molecule has 0 radical (unpaired) electrons. The van der Waals surface area contributed by atoms with E-state index >= 15 is 0 Å². The Morgan fingerprint density at radius 2 is 2.22 bits per heavy atom. The van der Waals surface area contributed by atoms with Crippen molar-refractivity contribution in [2.24, 2.45) is 0 Å². The standard InChI is InChI=1S/C15H18N4O4/c1-9-7-11(18-22-9)13(20)19-5-3-12-15(8-19,4-6-21-12)14-16-10(2)17-23-14/h7,12H,3-6,8H2,1-2H3/t12-,15-/m1/s1. The Balaban J connectivity index is 1.64. The molecule has 0 N–H and O–H groups in total. The summed E-state index contributed by atoms with van der Waals surface area (Å²) < 4.78 is 16.3. The van der Waals surface area contributed by atoms with Gasteiger partial charge in [-0.25, -0.2) is 0 Å². The van der Waals surface area contributed by atoms with Gasteiger partial charge in [-0.3, -0.25) is 4.79 Å². The van der Waals surface area contributed by atoms with Crippen molar-refractivity contribution in [2.75, 3.05) is 19.7 Å². The molecule has 23 heavy (non-hydrogen) atoms. The van der Waals surface area contributed by atoms with E-state index in [1.807, 2.05) is 0 Å². The molecule has 0 aliphatic carbocycles. The number of fused-ring (bicyclic) bond motifs is 1. The van der Waals surface area contributed by atoms with Crippen molar-refractivity contribution >= 4 is 5.91 Å². The average Bonchev–Trinajstić information content (AvgIpc) is 3.25. The van der Waals surface area contributed by atoms with Crippen LogP contribution in [0.4, 0.5) is 0 Å². The molecule has 2 aromatic heterocycles. The van der Waals surface area contributed by atoms with E-state index in [4.69, 9.17) is 13.8 Å². The van der Waals surface area contributed by atoms with Gasteiger partial charge in [-0.2, -0.15) is 4.98 Å². The Labute approximate surface area is 132 Å². The van der Waals surface area contributed by atoms with Crippen molar-refractivity contribution in [2.45, 2.75) is 38.2 Å². The minimum atomic E-state index is -0.423. The molecule has 2 aliphatic rings. The quantitative estimate of drug-likeness (QED) is 0.822. The maximum absolute atomic E-state index is 12.7. The van der Waals surface area contributed by atoms with E-state index in [9.17, 15) is 4.79 Å². The van der Waals surface area contributed by atoms with E-state index in [-0.39, 0.29) is 12.0 Å². The fraction of sp³-hybridized carbons (Fsp3) is 0.600. The van der Waals surface area contributed by atoms with Gasteiger partial charge in [0, 0.05) is 25.8 Å². The summed E-state index contributed by atoms with van der Waals surface area (Å²) >= 11 is 0. The largest absolute Gasteiger partial charge is 0.377 e. The molecule has 122 valence electrons. The number of nitrogens with zero attached hydrogens (tertiary/aromatic N) is 4. The van der Waals surface area contributed by atoms with Crippen LogP contribution in [0.2, 0.25) is 0 Å². The third-order valence-electron chi connectivity index (χ3n) is 4.71. The third kappa shape index (κ3) is 2.24. The van der Waals surface area contributed by atoms with Crippen LogP contribution in [0.25, 0.3) is 0 Å². The van der Waals surface area contributed by atoms with Crippen LogP contribution in [0, 0.1) is 13.8 Å². The van der Waals surface area contributed by atoms with Crippen LogP contribution in [0.3, 0.4) is 0 Å². The summed E-state index contributed by atoms with van der Waals surface area (Å²) in [6.45, 7) is 5.30. The van der Waals surface area contributed by atoms with Crippen molar-refractivity contribution < 1.29 is 18.6 Å². The first kappa shape index (κ1) is 14.4. The molecule has 4 heterocycles. The molecule has 2 aromatic rings. The molecule has 0 unspecified atom stereocenters. The maximum Gasteiger partial charge on any atom is 0.276 e. The highest BCUT2D eigenvalue weighted by Crippen LogP contribution is 2.43. The maximum atomic E-state index is 12.7. The van der Waals surface area contributed by atoms with Gasteiger partial charge in [-0.05, 0) is 26.7 Å². The number of rotatable bonds is 2. The minimum Gasteiger partial charge on any atom is -0.377 e. The normalized spacial score (nSPS) is 27.2. The number of hydrogen-bond donors (Lipinski definition) is 0. The Bertz CT molecular complexity index is 739. The van der Waals surface area contributed by atoms with Crippen molar-refractivity contribution in [3.8, 4) is 0 Å². The van der Waals surface area contributed by atoms with E-state index in [0.717, 1.165) is 12.8 Å². The van der Waals surface area contributed by atoms with Gasteiger partial charge < -0.3 is 18.7 Å². The monoisotopic (exact) mass is 318 g/mol. The highest BCUT2D eigenvalue weighted by molar-refractivity contribution is 5.92. The summed E-state index contributed by atoms with van der Waals surface area (Å²) in [4.78, 5) is 18.9. The fourth-order valence-electron chi connectivity index (χ4n) is 3.55. The number of hydrogen-bond acceptors (Lipinski definition) is 7. The van der Waals surface area contributed by atoms with Crippen LogP contribution in [0.1, 0.15) is 40.8 Å². The second-order valence-electron chi connectivity index (χ2n) is 6.25. The van der Waals surface area contributed by atoms with Gasteiger partial charge in [-0.15, -0.1) is 0 Å². The van der Waals surface area contributed by atoms with Crippen LogP contribution in [-0.4, -0.2) is 51.9 Å². The average molecular weight is 318 g/mol. The Morgan fingerprint density at radius 1 is 1.35 bits per heavy atom. The highest BCUT2D eigenvalue weighted by atomic mass is 16.5. The first-order valence-corrected chi connectivity index (χ1v) is 7.73. The lowest BCUT2D eigenvalue weighted by molar-refractivity contribution is 0.00788. The number of ether oxygens (including phenoxy) is 1. The number of carbonyl (C=O) groups is 1. The van der Waals surface area contributed by atoms with Gasteiger partial charge in [0.25, 0.3) is 5.91 Å². The van der Waals surface area contributed by atoms with Crippen LogP contribution in [0.15, 0.2) is 15.1 Å². The van der Waals surface area contributed by atoms with Gasteiger partial charge in [0.1, 0.15) is 5.76 Å². The van der Waals surface area contributed by atoms with Crippen LogP contribution in [-0.2, 0) is 10.2 Å². The van der Waals surface area contributed by atoms with Gasteiger partial charge >= 0.3 is 0 Å². The molecule has 0 aromatic carbocycles. The van der Waals surface area contributed by atoms with Crippen molar-refractivity contribution in [3.05, 3.63) is 29.2 Å². The predicted molar refractivity (Wildman–Crippen MR) is 76.8 cm³/mol. The Kier molecular flexibility index (Phi) is 3.22. The van der Waals surface area contributed by atoms with Gasteiger partial charge in [0.2, 0.25) is 5.89 Å². The summed E-state index contributed by atoms with van der Waals surface area (Å²) in [6, 6.07) is 1.66. The summed E-state index contributed by atoms with van der Waals surface area (Å²) in [6.07, 6.45) is 1.51. The van der Waals surface area contributed by atoms with E-state index in [1.54, 1.807) is 24.8 Å². The van der Waals surface area contributed by atoms with Crippen molar-refractivity contribution in [1.29, 1.82) is 0 Å². The molecule has 1 amide bonds. The SMILES string of the molecule is Cc1noc([C@@]23CCO[C@@H]2CCN(C(=O)c2cc(C)on2)C3)n1. The zero-order valence-electron chi connectivity index (χ0n) is 13.1. The second-order valence-corrected chi connectivity index (χ2v) is 6.25. The summed E-state index contributed by atoms with van der Waals surface area (Å²) in [5.41, 5.74) is -0.0924. The summed E-state index contributed by atoms with van der Waals surface area (Å²) in [5.74, 6) is 1.64. The molecule has 8 heteroatoms. The number of carbonyl (C=O) groups excluding carboxylic acids is 1. The molecule has 2 fully saturated rings. The Hall–Kier alpha value is -2.22. The first-order chi connectivity index (χ1) is 11.1. The third-order valence-corrected chi connectivity index (χ3v) is 4.71. The van der Waals surface area contributed by atoms with E-state index in [1.165, 1.54) is 0 Å². The van der Waals surface area contributed by atoms with E-state index < -0.39 is 5.41 Å². The van der Waals surface area contributed by atoms with Crippen molar-refractivity contribution in [3.63, 3.8) is 0 Å². The fourth-order valence-corrected chi connectivity index (χ4v) is 3.55. The minimum absolute atomic E-state index is 0.00504. The molecule has 0 saturated carbocycles. The number of likely N-dealkylation sites (tertiary alicyclic amines) is 1. The Morgan fingerprint density at radius 3 is 2.91 bits per heavy atom. The molecule has 4 rings (SSSR count). The number of amides is 1. The van der Waals surface area contributed by atoms with Crippen LogP contribution in [0.5, 0.6) is 0 Å². The molecule has 2 aliphatic heterocycles. The number of aromatic nitrogens is 3. The van der Waals surface area contributed by atoms with E-state index in [0.29, 0.717) is 42.9 Å². The number of aryl methyl sites for hydroxylation is 2. The molecule has 2 saturated heterocycles. The van der Waals surface area contributed by atoms with Gasteiger partial charge in [0.15, 0.2) is 11.5 Å². The summed E-state index contributed by atoms with van der Waals surface area (Å²) in [5, 5.41) is 7.73. The highest BCUT2D eigenvalue weighted by Gasteiger charge is 2.53. The lowest BCUT2D eigenvalue weighted by Gasteiger charge is -2.40. The number of piperidine rings is 1. The molecular weight excluding hydrogens is 300 g/mol. The zero-order valence-corrected chi connectivity index (χ0v) is 13.1. The van der Waals surface area contributed by atoms with Crippen LogP contribution < -0.4 is 0 Å². The predicted octanol–water partition coefficient (Wildman–Crippen LogP) is 1.25. The molecule has 8 nitrogen and oxygen atoms in total. The topological polar surface area (TPSA) is 94.5 Å². The lowest BCUT2D eigenvalue weighted by Crippen LogP contribution is -2.54. The lowest BCUT2D eigenvalue weighted by atomic mass is 9.76. The molecule has 2 atom stereocenters.